The van der Waals surface area contributed by atoms with Gasteiger partial charge in [0.1, 0.15) is 5.82 Å². The van der Waals surface area contributed by atoms with Crippen molar-refractivity contribution in [3.63, 3.8) is 0 Å². The van der Waals surface area contributed by atoms with Crippen molar-refractivity contribution in [2.24, 2.45) is 11.3 Å². The van der Waals surface area contributed by atoms with E-state index >= 15 is 0 Å². The van der Waals surface area contributed by atoms with E-state index in [4.69, 9.17) is 4.74 Å². The average Bonchev–Trinajstić information content (AvgIpc) is 2.50. The van der Waals surface area contributed by atoms with Crippen LogP contribution in [0, 0.1) is 17.2 Å². The Balaban J connectivity index is 1.49. The second-order valence-electron chi connectivity index (χ2n) is 7.56. The van der Waals surface area contributed by atoms with Gasteiger partial charge in [-0.05, 0) is 55.2 Å². The molecule has 126 valence electrons. The molecule has 1 saturated heterocycles. The average molecular weight is 319 g/mol. The maximum absolute atomic E-state index is 13.3. The highest BCUT2D eigenvalue weighted by molar-refractivity contribution is 5.94. The van der Waals surface area contributed by atoms with E-state index in [1.165, 1.54) is 12.1 Å². The molecule has 1 saturated carbocycles. The van der Waals surface area contributed by atoms with Gasteiger partial charge in [0.15, 0.2) is 0 Å². The fourth-order valence-corrected chi connectivity index (χ4v) is 3.75. The number of hydrogen-bond acceptors (Lipinski definition) is 2. The first-order valence-corrected chi connectivity index (χ1v) is 8.64. The van der Waals surface area contributed by atoms with Crippen LogP contribution in [0.3, 0.4) is 0 Å². The van der Waals surface area contributed by atoms with E-state index in [-0.39, 0.29) is 11.7 Å². The molecule has 3 nitrogen and oxygen atoms in total. The molecule has 2 fully saturated rings. The quantitative estimate of drug-likeness (QED) is 0.843. The van der Waals surface area contributed by atoms with Crippen LogP contribution in [0.1, 0.15) is 49.9 Å². The van der Waals surface area contributed by atoms with Gasteiger partial charge in [0.05, 0.1) is 6.10 Å². The van der Waals surface area contributed by atoms with Crippen molar-refractivity contribution in [3.8, 4) is 0 Å². The van der Waals surface area contributed by atoms with Crippen molar-refractivity contribution in [1.82, 2.24) is 4.90 Å². The van der Waals surface area contributed by atoms with Crippen LogP contribution in [-0.2, 0) is 4.74 Å². The van der Waals surface area contributed by atoms with Gasteiger partial charge in [0.2, 0.25) is 0 Å². The molecule has 2 aliphatic rings. The van der Waals surface area contributed by atoms with Crippen molar-refractivity contribution in [1.29, 1.82) is 0 Å². The lowest BCUT2D eigenvalue weighted by atomic mass is 9.61. The minimum atomic E-state index is -0.353. The summed E-state index contributed by atoms with van der Waals surface area (Å²) >= 11 is 0. The monoisotopic (exact) mass is 319 g/mol. The van der Waals surface area contributed by atoms with Crippen molar-refractivity contribution >= 4 is 5.91 Å². The molecule has 1 aromatic rings. The highest BCUT2D eigenvalue weighted by atomic mass is 19.1. The van der Waals surface area contributed by atoms with Gasteiger partial charge in [-0.25, -0.2) is 4.39 Å². The molecular formula is C19H26FNO2. The largest absolute Gasteiger partial charge is 0.378 e. The summed E-state index contributed by atoms with van der Waals surface area (Å²) in [5, 5.41) is 0. The number of carbonyl (C=O) groups excluding carboxylic acids is 1. The first-order valence-electron chi connectivity index (χ1n) is 8.64. The molecule has 1 amide bonds. The smallest absolute Gasteiger partial charge is 0.253 e. The molecular weight excluding hydrogens is 293 g/mol. The van der Waals surface area contributed by atoms with Crippen LogP contribution < -0.4 is 0 Å². The molecule has 0 radical (unpaired) electrons. The van der Waals surface area contributed by atoms with E-state index in [1.54, 1.807) is 12.1 Å². The summed E-state index contributed by atoms with van der Waals surface area (Å²) in [5.41, 5.74) is 0.827. The van der Waals surface area contributed by atoms with E-state index in [2.05, 4.69) is 13.8 Å². The lowest BCUT2D eigenvalue weighted by Gasteiger charge is -2.52. The Morgan fingerprint density at radius 3 is 2.65 bits per heavy atom. The number of hydrogen-bond donors (Lipinski definition) is 0. The molecule has 23 heavy (non-hydrogen) atoms. The minimum Gasteiger partial charge on any atom is -0.378 e. The lowest BCUT2D eigenvalue weighted by Crippen LogP contribution is -2.51. The van der Waals surface area contributed by atoms with Gasteiger partial charge in [-0.15, -0.1) is 0 Å². The number of benzene rings is 1. The zero-order valence-corrected chi connectivity index (χ0v) is 14.1. The number of likely N-dealkylation sites (tertiary alicyclic amines) is 1. The Kier molecular flexibility index (Phi) is 4.72. The highest BCUT2D eigenvalue weighted by Crippen LogP contribution is 2.50. The van der Waals surface area contributed by atoms with Crippen molar-refractivity contribution in [2.45, 2.75) is 45.6 Å². The zero-order chi connectivity index (χ0) is 16.4. The normalized spacial score (nSPS) is 20.8. The second kappa shape index (κ2) is 6.60. The van der Waals surface area contributed by atoms with E-state index in [9.17, 15) is 9.18 Å². The fraction of sp³-hybridized carbons (Fsp3) is 0.632. The predicted molar refractivity (Wildman–Crippen MR) is 87.8 cm³/mol. The van der Waals surface area contributed by atoms with E-state index in [0.29, 0.717) is 23.0 Å². The molecule has 1 aliphatic carbocycles. The molecule has 0 atom stereocenters. The molecule has 1 spiro atoms. The van der Waals surface area contributed by atoms with Gasteiger partial charge >= 0.3 is 0 Å². The summed E-state index contributed by atoms with van der Waals surface area (Å²) in [6, 6.07) is 5.98. The summed E-state index contributed by atoms with van der Waals surface area (Å²) in [4.78, 5) is 14.3. The number of amides is 1. The van der Waals surface area contributed by atoms with Crippen LogP contribution in [0.15, 0.2) is 24.3 Å². The van der Waals surface area contributed by atoms with Crippen LogP contribution in [0.25, 0.3) is 0 Å². The lowest BCUT2D eigenvalue weighted by molar-refractivity contribution is -0.107. The second-order valence-corrected chi connectivity index (χ2v) is 7.56. The first kappa shape index (κ1) is 16.4. The molecule has 1 aliphatic heterocycles. The molecule has 1 heterocycles. The van der Waals surface area contributed by atoms with E-state index in [0.717, 1.165) is 45.4 Å². The molecule has 3 rings (SSSR count). The predicted octanol–water partition coefficient (Wildman–Crippen LogP) is 3.88. The van der Waals surface area contributed by atoms with Crippen molar-refractivity contribution < 1.29 is 13.9 Å². The first-order chi connectivity index (χ1) is 11.0. The Hall–Kier alpha value is -1.42. The van der Waals surface area contributed by atoms with Crippen LogP contribution >= 0.6 is 0 Å². The molecule has 4 heteroatoms. The van der Waals surface area contributed by atoms with Gasteiger partial charge in [-0.3, -0.25) is 4.79 Å². The topological polar surface area (TPSA) is 29.5 Å². The number of halogens is 1. The summed E-state index contributed by atoms with van der Waals surface area (Å²) in [5.74, 6) is 0.178. The number of nitrogens with zero attached hydrogens (tertiary/aromatic N) is 1. The van der Waals surface area contributed by atoms with E-state index in [1.807, 2.05) is 4.90 Å². The number of piperidine rings is 1. The van der Waals surface area contributed by atoms with Crippen LogP contribution in [-0.4, -0.2) is 36.6 Å². The third-order valence-electron chi connectivity index (χ3n) is 5.17. The van der Waals surface area contributed by atoms with Crippen LogP contribution in [0.4, 0.5) is 4.39 Å². The standard InChI is InChI=1S/C19H26FNO2/c1-14(2)13-23-17-11-19(12-17)6-8-21(9-7-19)18(22)15-4-3-5-16(20)10-15/h3-5,10,14,17H,6-9,11-13H2,1-2H3. The van der Waals surface area contributed by atoms with Crippen LogP contribution in [0.2, 0.25) is 0 Å². The van der Waals surface area contributed by atoms with Gasteiger partial charge in [-0.1, -0.05) is 19.9 Å². The Morgan fingerprint density at radius 2 is 2.04 bits per heavy atom. The Labute approximate surface area is 137 Å². The number of carbonyl (C=O) groups is 1. The minimum absolute atomic E-state index is 0.0497. The fourth-order valence-electron chi connectivity index (χ4n) is 3.75. The highest BCUT2D eigenvalue weighted by Gasteiger charge is 2.46. The molecule has 0 aromatic heterocycles. The molecule has 1 aromatic carbocycles. The summed E-state index contributed by atoms with van der Waals surface area (Å²) in [6.07, 6.45) is 4.73. The maximum Gasteiger partial charge on any atom is 0.253 e. The number of rotatable bonds is 4. The van der Waals surface area contributed by atoms with E-state index < -0.39 is 0 Å². The van der Waals surface area contributed by atoms with Gasteiger partial charge in [-0.2, -0.15) is 0 Å². The summed E-state index contributed by atoms with van der Waals surface area (Å²) in [6.45, 7) is 6.72. The molecule has 0 unspecified atom stereocenters. The van der Waals surface area contributed by atoms with Gasteiger partial charge < -0.3 is 9.64 Å². The van der Waals surface area contributed by atoms with Gasteiger partial charge in [0.25, 0.3) is 5.91 Å². The van der Waals surface area contributed by atoms with Gasteiger partial charge in [0, 0.05) is 25.3 Å². The Bertz CT molecular complexity index is 556. The molecule has 0 bridgehead atoms. The molecule has 0 N–H and O–H groups in total. The third-order valence-corrected chi connectivity index (χ3v) is 5.17. The number of ether oxygens (including phenoxy) is 1. The zero-order valence-electron chi connectivity index (χ0n) is 14.1. The summed E-state index contributed by atoms with van der Waals surface area (Å²) < 4.78 is 19.2. The van der Waals surface area contributed by atoms with Crippen LogP contribution in [0.5, 0.6) is 0 Å². The van der Waals surface area contributed by atoms with Crippen molar-refractivity contribution in [2.75, 3.05) is 19.7 Å². The summed E-state index contributed by atoms with van der Waals surface area (Å²) in [7, 11) is 0. The maximum atomic E-state index is 13.3. The van der Waals surface area contributed by atoms with Crippen molar-refractivity contribution in [3.05, 3.63) is 35.6 Å². The Morgan fingerprint density at radius 1 is 1.35 bits per heavy atom. The SMILES string of the molecule is CC(C)COC1CC2(CCN(C(=O)c3cccc(F)c3)CC2)C1. The third kappa shape index (κ3) is 3.74.